The molecule has 1 aliphatic carbocycles. The number of nitriles is 1. The van der Waals surface area contributed by atoms with Crippen LogP contribution in [0.15, 0.2) is 40.9 Å². The molecule has 1 heterocycles. The Hall–Kier alpha value is -2.63. The molecule has 16 heteroatoms. The highest BCUT2D eigenvalue weighted by molar-refractivity contribution is 6.56. The van der Waals surface area contributed by atoms with E-state index in [0.29, 0.717) is 28.6 Å². The second kappa shape index (κ2) is 9.49. The van der Waals surface area contributed by atoms with Crippen molar-refractivity contribution in [1.82, 2.24) is 15.5 Å². The van der Waals surface area contributed by atoms with Gasteiger partial charge in [-0.25, -0.2) is 0 Å². The van der Waals surface area contributed by atoms with Crippen LogP contribution in [-0.2, 0) is 5.21 Å². The first-order chi connectivity index (χ1) is 17.8. The lowest BCUT2D eigenvalue weighted by Gasteiger charge is -2.48. The summed E-state index contributed by atoms with van der Waals surface area (Å²) in [5.41, 5.74) is 3.89. The standard InChI is InChI=1S/C23H33B9N4O3/c1-19(2,24)38-14-7-6-10(8-11(14)9-33)18-34-17(36-39-18)13-5-3-4-12-15(13)20(25,26)21(27,28)16(12)35-22(29,30)23(31,32)37/h3-8,16,35,37H,24-32H2,1-2H3/t16-/m1/s1. The lowest BCUT2D eigenvalue weighted by molar-refractivity contribution is 0.167. The lowest BCUT2D eigenvalue weighted by Crippen LogP contribution is -2.67. The molecule has 1 aromatic heterocycles. The second-order valence-corrected chi connectivity index (χ2v) is 13.8. The summed E-state index contributed by atoms with van der Waals surface area (Å²) in [5, 5.41) is 26.9. The van der Waals surface area contributed by atoms with Crippen LogP contribution in [0.2, 0.25) is 5.21 Å². The molecule has 3 aromatic rings. The number of nitrogens with zero attached hydrogens (tertiary/aromatic N) is 3. The third-order valence-corrected chi connectivity index (χ3v) is 8.83. The van der Waals surface area contributed by atoms with Crippen LogP contribution in [0.3, 0.4) is 0 Å². The summed E-state index contributed by atoms with van der Waals surface area (Å²) in [6.45, 7) is 3.89. The average molecular weight is 511 g/mol. The Morgan fingerprint density at radius 1 is 1.08 bits per heavy atom. The zero-order valence-corrected chi connectivity index (χ0v) is 25.1. The number of benzene rings is 2. The minimum atomic E-state index is -0.925. The summed E-state index contributed by atoms with van der Waals surface area (Å²) < 4.78 is 11.7. The number of rotatable bonds is 7. The number of aromatic nitrogens is 2. The number of hydrogen-bond donors (Lipinski definition) is 2. The van der Waals surface area contributed by atoms with E-state index in [1.165, 1.54) is 5.56 Å². The monoisotopic (exact) mass is 512 g/mol. The quantitative estimate of drug-likeness (QED) is 0.305. The van der Waals surface area contributed by atoms with Gasteiger partial charge < -0.3 is 19.7 Å². The maximum atomic E-state index is 10.9. The molecule has 2 N–H and O–H groups in total. The molecule has 0 saturated heterocycles. The molecular weight excluding hydrogens is 478 g/mol. The molecule has 2 aromatic carbocycles. The van der Waals surface area contributed by atoms with Crippen LogP contribution < -0.4 is 10.1 Å². The summed E-state index contributed by atoms with van der Waals surface area (Å²) in [6.07, 6.45) is 0. The normalized spacial score (nSPS) is 18.3. The van der Waals surface area contributed by atoms with Crippen LogP contribution in [0.4, 0.5) is 0 Å². The van der Waals surface area contributed by atoms with Crippen molar-refractivity contribution in [3.63, 3.8) is 0 Å². The molecule has 7 nitrogen and oxygen atoms in total. The molecule has 0 amide bonds. The Labute approximate surface area is 239 Å². The number of fused-ring (bicyclic) bond motifs is 1. The van der Waals surface area contributed by atoms with Crippen molar-refractivity contribution in [2.24, 2.45) is 0 Å². The molecule has 0 unspecified atom stereocenters. The van der Waals surface area contributed by atoms with Crippen molar-refractivity contribution in [2.75, 3.05) is 0 Å². The molecule has 190 valence electrons. The fraction of sp³-hybridized carbons (Fsp3) is 0.348. The van der Waals surface area contributed by atoms with E-state index in [2.05, 4.69) is 54.0 Å². The third kappa shape index (κ3) is 5.16. The van der Waals surface area contributed by atoms with Crippen molar-refractivity contribution in [2.45, 2.75) is 46.6 Å². The van der Waals surface area contributed by atoms with Gasteiger partial charge in [-0.05, 0) is 48.5 Å². The Morgan fingerprint density at radius 3 is 2.33 bits per heavy atom. The maximum absolute atomic E-state index is 10.9. The van der Waals surface area contributed by atoms with Crippen LogP contribution >= 0.6 is 0 Å². The first kappa shape index (κ1) is 29.4. The summed E-state index contributed by atoms with van der Waals surface area (Å²) in [5.74, 6) is 1.36. The topological polar surface area (TPSA) is 104 Å². The molecular formula is C23H33B9N4O3. The highest BCUT2D eigenvalue weighted by Crippen LogP contribution is 2.58. The molecule has 0 radical (unpaired) electrons. The highest BCUT2D eigenvalue weighted by Gasteiger charge is 2.54. The van der Waals surface area contributed by atoms with Gasteiger partial charge in [0.2, 0.25) is 5.82 Å². The number of ether oxygens (including phenoxy) is 1. The maximum Gasteiger partial charge on any atom is 0.258 e. The lowest BCUT2D eigenvalue weighted by atomic mass is 9.29. The smallest absolute Gasteiger partial charge is 0.258 e. The third-order valence-electron chi connectivity index (χ3n) is 8.83. The van der Waals surface area contributed by atoms with Gasteiger partial charge in [-0.2, -0.15) is 10.2 Å². The van der Waals surface area contributed by atoms with Crippen molar-refractivity contribution in [1.29, 1.82) is 5.26 Å². The Kier molecular flexibility index (Phi) is 7.14. The molecule has 4 rings (SSSR count). The van der Waals surface area contributed by atoms with Gasteiger partial charge in [-0.1, -0.05) is 33.8 Å². The van der Waals surface area contributed by atoms with Crippen molar-refractivity contribution >= 4 is 70.6 Å². The molecule has 0 spiro atoms. The van der Waals surface area contributed by atoms with Gasteiger partial charge >= 0.3 is 0 Å². The second-order valence-electron chi connectivity index (χ2n) is 13.8. The fourth-order valence-corrected chi connectivity index (χ4v) is 5.18. The Bertz CT molecular complexity index is 1460. The van der Waals surface area contributed by atoms with Crippen molar-refractivity contribution in [3.05, 3.63) is 53.1 Å². The van der Waals surface area contributed by atoms with Crippen LogP contribution in [0.25, 0.3) is 22.8 Å². The van der Waals surface area contributed by atoms with E-state index < -0.39 is 16.2 Å². The number of hydrogen-bond acceptors (Lipinski definition) is 7. The summed E-state index contributed by atoms with van der Waals surface area (Å²) in [6, 6.07) is 13.8. The average Bonchev–Trinajstić information content (AvgIpc) is 3.35. The van der Waals surface area contributed by atoms with Crippen LogP contribution in [-0.4, -0.2) is 102 Å². The summed E-state index contributed by atoms with van der Waals surface area (Å²) in [7, 11) is 18.7. The van der Waals surface area contributed by atoms with E-state index in [9.17, 15) is 10.4 Å². The predicted molar refractivity (Wildman–Crippen MR) is 179 cm³/mol. The van der Waals surface area contributed by atoms with Crippen LogP contribution in [0, 0.1) is 11.3 Å². The Balaban J connectivity index is 1.77. The number of nitrogens with one attached hydrogen (secondary N) is 1. The van der Waals surface area contributed by atoms with Crippen LogP contribution in [0.5, 0.6) is 5.75 Å². The van der Waals surface area contributed by atoms with E-state index in [-0.39, 0.29) is 16.5 Å². The highest BCUT2D eigenvalue weighted by atomic mass is 16.5. The Morgan fingerprint density at radius 2 is 1.74 bits per heavy atom. The minimum Gasteiger partial charge on any atom is -0.496 e. The number of aliphatic hydroxyl groups is 1. The van der Waals surface area contributed by atoms with Gasteiger partial charge in [0.1, 0.15) is 74.6 Å². The molecule has 1 aliphatic rings. The van der Waals surface area contributed by atoms with E-state index in [1.54, 1.807) is 12.1 Å². The minimum absolute atomic E-state index is 0.0104. The van der Waals surface area contributed by atoms with Gasteiger partial charge in [-0.3, -0.25) is 0 Å². The SMILES string of the molecule is BC(C)(C)Oc1ccc(-c2nc(-c3cccc4c3C(B)(B)C(B)(B)[C@@H]4NC(B)(B)C(B)(B)O)no2)cc1C#N. The van der Waals surface area contributed by atoms with Gasteiger partial charge in [0, 0.05) is 22.6 Å². The van der Waals surface area contributed by atoms with Gasteiger partial charge in [0.05, 0.1) is 11.1 Å². The predicted octanol–water partition coefficient (Wildman–Crippen LogP) is -5.70. The van der Waals surface area contributed by atoms with E-state index in [0.717, 1.165) is 11.1 Å². The van der Waals surface area contributed by atoms with E-state index >= 15 is 0 Å². The van der Waals surface area contributed by atoms with E-state index in [4.69, 9.17) is 14.2 Å². The molecule has 0 fully saturated rings. The molecule has 1 atom stereocenters. The molecule has 0 aliphatic heterocycles. The van der Waals surface area contributed by atoms with Gasteiger partial charge in [0.25, 0.3) is 5.89 Å². The van der Waals surface area contributed by atoms with Crippen LogP contribution in [0.1, 0.15) is 36.6 Å². The molecule has 0 saturated carbocycles. The first-order valence-electron chi connectivity index (χ1n) is 13.5. The zero-order valence-electron chi connectivity index (χ0n) is 25.1. The van der Waals surface area contributed by atoms with Crippen molar-refractivity contribution < 1.29 is 14.4 Å². The zero-order chi connectivity index (χ0) is 29.2. The molecule has 39 heavy (non-hydrogen) atoms. The van der Waals surface area contributed by atoms with E-state index in [1.807, 2.05) is 71.3 Å². The van der Waals surface area contributed by atoms with Crippen molar-refractivity contribution in [3.8, 4) is 34.7 Å². The first-order valence-corrected chi connectivity index (χ1v) is 13.5. The summed E-state index contributed by atoms with van der Waals surface area (Å²) in [4.78, 5) is 4.77. The molecule has 0 bridgehead atoms. The fourth-order valence-electron chi connectivity index (χ4n) is 5.18. The summed E-state index contributed by atoms with van der Waals surface area (Å²) >= 11 is 0. The van der Waals surface area contributed by atoms with Gasteiger partial charge in [-0.15, -0.1) is 0 Å². The van der Waals surface area contributed by atoms with Gasteiger partial charge in [0.15, 0.2) is 7.85 Å². The largest absolute Gasteiger partial charge is 0.496 e.